The molecule has 0 aliphatic heterocycles. The predicted molar refractivity (Wildman–Crippen MR) is 232 cm³/mol. The van der Waals surface area contributed by atoms with Crippen LogP contribution < -0.4 is 0 Å². The van der Waals surface area contributed by atoms with Crippen LogP contribution in [0.15, 0.2) is 181 Å². The summed E-state index contributed by atoms with van der Waals surface area (Å²) in [6.07, 6.45) is 30.6. The standard InChI is InChI=1S/C24H16N4.C15H11.C15H9.2Au/c1-3-9-19(10-4-1)27-15-23(25-17-27)21-13-7-8-14-22(21)24-16-28(18-26-24)20-11-5-2-6-12-20;2*1-2-11-7-8-15-13(9-11)10-12-5-3-4-6-14(12)15;;/h1-16H;3-6,9H,7-8,10H2;3-9H,10H2;;/q-2;2*-1;;. The summed E-state index contributed by atoms with van der Waals surface area (Å²) < 4.78 is 3.81. The fourth-order valence-corrected chi connectivity index (χ4v) is 7.96. The van der Waals surface area contributed by atoms with Crippen LogP contribution in [0.25, 0.3) is 50.6 Å². The van der Waals surface area contributed by atoms with E-state index >= 15 is 0 Å². The minimum absolute atomic E-state index is 0. The number of allylic oxidation sites excluding steroid dienone is 4. The Kier molecular flexibility index (Phi) is 13.5. The van der Waals surface area contributed by atoms with Crippen molar-refractivity contribution in [3.8, 4) is 56.9 Å². The molecule has 11 rings (SSSR count). The second-order valence-corrected chi connectivity index (χ2v) is 14.4. The van der Waals surface area contributed by atoms with Crippen LogP contribution in [-0.2, 0) is 57.6 Å². The first kappa shape index (κ1) is 42.0. The van der Waals surface area contributed by atoms with Gasteiger partial charge in [0.05, 0.1) is 0 Å². The van der Waals surface area contributed by atoms with Gasteiger partial charge in [0.25, 0.3) is 0 Å². The quantitative estimate of drug-likeness (QED) is 0.100. The van der Waals surface area contributed by atoms with Gasteiger partial charge in [0.15, 0.2) is 0 Å². The van der Waals surface area contributed by atoms with Crippen molar-refractivity contribution in [3.63, 3.8) is 0 Å². The number of benzene rings is 6. The Morgan fingerprint density at radius 1 is 0.483 bits per heavy atom. The summed E-state index contributed by atoms with van der Waals surface area (Å²) in [5.41, 5.74) is 18.8. The van der Waals surface area contributed by atoms with Crippen molar-refractivity contribution >= 4 is 5.57 Å². The summed E-state index contributed by atoms with van der Waals surface area (Å²) in [4.78, 5) is 9.01. The molecule has 0 amide bonds. The van der Waals surface area contributed by atoms with Crippen LogP contribution in [0.2, 0.25) is 0 Å². The molecular weight excluding hydrogens is 1100 g/mol. The van der Waals surface area contributed by atoms with Gasteiger partial charge in [-0.05, 0) is 75.4 Å². The minimum Gasteiger partial charge on any atom is -0.433 e. The van der Waals surface area contributed by atoms with Crippen molar-refractivity contribution in [2.24, 2.45) is 0 Å². The average Bonchev–Trinajstić information content (AvgIpc) is 4.12. The van der Waals surface area contributed by atoms with E-state index in [4.69, 9.17) is 12.8 Å². The van der Waals surface area contributed by atoms with E-state index in [1.54, 1.807) is 0 Å². The van der Waals surface area contributed by atoms with Gasteiger partial charge in [-0.1, -0.05) is 181 Å². The van der Waals surface area contributed by atoms with Gasteiger partial charge in [-0.25, -0.2) is 0 Å². The van der Waals surface area contributed by atoms with Crippen LogP contribution in [-0.4, -0.2) is 19.1 Å². The molecule has 3 aliphatic rings. The third kappa shape index (κ3) is 8.87. The molecule has 0 fully saturated rings. The Hall–Kier alpha value is -6.18. The average molecular weight is 1130 g/mol. The number of aromatic nitrogens is 4. The first-order valence-corrected chi connectivity index (χ1v) is 19.4. The molecule has 0 unspecified atom stereocenters. The number of fused-ring (bicyclic) bond motifs is 5. The fraction of sp³-hybridized carbons (Fsp3) is 0.0741. The van der Waals surface area contributed by atoms with E-state index in [-0.39, 0.29) is 44.8 Å². The molecule has 298 valence electrons. The zero-order chi connectivity index (χ0) is 39.3. The molecule has 0 N–H and O–H groups in total. The zero-order valence-electron chi connectivity index (χ0n) is 32.4. The summed E-state index contributed by atoms with van der Waals surface area (Å²) >= 11 is 0. The zero-order valence-corrected chi connectivity index (χ0v) is 36.7. The van der Waals surface area contributed by atoms with Crippen LogP contribution in [0, 0.1) is 37.3 Å². The smallest absolute Gasteiger partial charge is 0.0413 e. The van der Waals surface area contributed by atoms with E-state index in [1.165, 1.54) is 44.5 Å². The molecule has 0 saturated heterocycles. The van der Waals surface area contributed by atoms with Crippen molar-refractivity contribution in [1.29, 1.82) is 0 Å². The Bertz CT molecular complexity index is 2820. The number of para-hydroxylation sites is 2. The van der Waals surface area contributed by atoms with E-state index in [0.717, 1.165) is 70.7 Å². The number of hydrogen-bond acceptors (Lipinski definition) is 2. The Morgan fingerprint density at radius 3 is 1.55 bits per heavy atom. The minimum atomic E-state index is 0. The van der Waals surface area contributed by atoms with Crippen LogP contribution in [0.3, 0.4) is 0 Å². The van der Waals surface area contributed by atoms with Crippen molar-refractivity contribution in [2.75, 3.05) is 0 Å². The van der Waals surface area contributed by atoms with Crippen LogP contribution in [0.5, 0.6) is 0 Å². The molecule has 0 saturated carbocycles. The summed E-state index contributed by atoms with van der Waals surface area (Å²) in [5.74, 6) is 4.95. The van der Waals surface area contributed by atoms with Crippen LogP contribution >= 0.6 is 0 Å². The molecule has 8 aromatic rings. The molecule has 2 radical (unpaired) electrons. The molecule has 2 aromatic heterocycles. The maximum Gasteiger partial charge on any atom is 0.0413 e. The normalized spacial score (nSPS) is 12.5. The number of hydrogen-bond donors (Lipinski definition) is 0. The SMILES string of the molecule is [Au].[Au].[C-]#CC1=CC2=C(CC1)c1ccccc1C2.[C-]#Cc1ccc2c(c1)Cc1ccccc1-2.[c-]1nc(-c2ccccc2-c2cn(-c3ccccc3)[c-]n2)cn1-c1ccccc1. The largest absolute Gasteiger partial charge is 0.433 e. The van der Waals surface area contributed by atoms with Crippen molar-refractivity contribution in [1.82, 2.24) is 19.1 Å². The third-order valence-electron chi connectivity index (χ3n) is 10.8. The topological polar surface area (TPSA) is 35.6 Å². The number of imidazole rings is 2. The van der Waals surface area contributed by atoms with Crippen LogP contribution in [0.1, 0.15) is 40.7 Å². The first-order valence-electron chi connectivity index (χ1n) is 19.4. The van der Waals surface area contributed by atoms with Gasteiger partial charge in [0.2, 0.25) is 0 Å². The molecule has 6 aromatic carbocycles. The summed E-state index contributed by atoms with van der Waals surface area (Å²) in [6, 6.07) is 51.5. The molecule has 0 bridgehead atoms. The van der Waals surface area contributed by atoms with Gasteiger partial charge in [-0.2, -0.15) is 0 Å². The maximum atomic E-state index is 7.17. The monoisotopic (exact) mass is 1130 g/mol. The van der Waals surface area contributed by atoms with Crippen molar-refractivity contribution in [2.45, 2.75) is 25.7 Å². The summed E-state index contributed by atoms with van der Waals surface area (Å²) in [7, 11) is 0. The Balaban J connectivity index is 0.000000145. The second-order valence-electron chi connectivity index (χ2n) is 14.4. The van der Waals surface area contributed by atoms with Gasteiger partial charge < -0.3 is 31.9 Å². The van der Waals surface area contributed by atoms with E-state index in [0.29, 0.717) is 0 Å². The second kappa shape index (κ2) is 19.3. The molecule has 4 nitrogen and oxygen atoms in total. The summed E-state index contributed by atoms with van der Waals surface area (Å²) in [5, 5.41) is 0. The molecule has 0 spiro atoms. The van der Waals surface area contributed by atoms with Crippen LogP contribution in [0.4, 0.5) is 0 Å². The molecule has 2 heterocycles. The fourth-order valence-electron chi connectivity index (χ4n) is 7.96. The van der Waals surface area contributed by atoms with E-state index in [9.17, 15) is 0 Å². The molecule has 6 heteroatoms. The van der Waals surface area contributed by atoms with E-state index < -0.39 is 0 Å². The molecular formula is C54H36Au2N4-4. The molecule has 0 atom stereocenters. The number of nitrogens with zero attached hydrogens (tertiary/aromatic N) is 4. The molecule has 60 heavy (non-hydrogen) atoms. The van der Waals surface area contributed by atoms with Gasteiger partial charge >= 0.3 is 0 Å². The summed E-state index contributed by atoms with van der Waals surface area (Å²) in [6.45, 7) is 0. The number of rotatable bonds is 4. The maximum absolute atomic E-state index is 7.17. The Morgan fingerprint density at radius 2 is 0.983 bits per heavy atom. The van der Waals surface area contributed by atoms with Crippen molar-refractivity contribution in [3.05, 3.63) is 235 Å². The Labute approximate surface area is 383 Å². The van der Waals surface area contributed by atoms with E-state index in [1.807, 2.05) is 100 Å². The van der Waals surface area contributed by atoms with Gasteiger partial charge in [-0.15, -0.1) is 29.3 Å². The third-order valence-corrected chi connectivity index (χ3v) is 10.8. The predicted octanol–water partition coefficient (Wildman–Crippen LogP) is 11.5. The first-order chi connectivity index (χ1) is 28.6. The van der Waals surface area contributed by atoms with Gasteiger partial charge in [0.1, 0.15) is 0 Å². The van der Waals surface area contributed by atoms with Gasteiger partial charge in [0, 0.05) is 57.4 Å². The van der Waals surface area contributed by atoms with E-state index in [2.05, 4.69) is 113 Å². The van der Waals surface area contributed by atoms with Crippen molar-refractivity contribution < 1.29 is 44.8 Å². The molecule has 3 aliphatic carbocycles. The van der Waals surface area contributed by atoms with Gasteiger partial charge in [-0.3, -0.25) is 11.8 Å².